The summed E-state index contributed by atoms with van der Waals surface area (Å²) in [5.41, 5.74) is 5.30. The lowest BCUT2D eigenvalue weighted by molar-refractivity contribution is 0.966. The number of amidine groups is 1. The Bertz CT molecular complexity index is 377. The van der Waals surface area contributed by atoms with E-state index >= 15 is 0 Å². The minimum Gasteiger partial charge on any atom is -0.321 e. The summed E-state index contributed by atoms with van der Waals surface area (Å²) in [6.45, 7) is 1.96. The highest BCUT2D eigenvalue weighted by atomic mass is 32.2. The SMILES string of the molecule is CSCCc1nc(C)ccc1/C(=N/N)NN. The summed E-state index contributed by atoms with van der Waals surface area (Å²) in [4.78, 5) is 4.48. The van der Waals surface area contributed by atoms with Crippen molar-refractivity contribution >= 4 is 17.6 Å². The van der Waals surface area contributed by atoms with Crippen molar-refractivity contribution in [1.82, 2.24) is 10.4 Å². The van der Waals surface area contributed by atoms with Crippen molar-refractivity contribution in [1.29, 1.82) is 0 Å². The lowest BCUT2D eigenvalue weighted by Crippen LogP contribution is -2.33. The largest absolute Gasteiger partial charge is 0.321 e. The summed E-state index contributed by atoms with van der Waals surface area (Å²) in [7, 11) is 0. The molecule has 0 bridgehead atoms. The van der Waals surface area contributed by atoms with Gasteiger partial charge in [-0.05, 0) is 37.5 Å². The minimum atomic E-state index is 0.462. The number of nitrogens with one attached hydrogen (secondary N) is 1. The first-order valence-corrected chi connectivity index (χ1v) is 6.32. The Hall–Kier alpha value is -1.27. The molecule has 0 aliphatic rings. The van der Waals surface area contributed by atoms with Crippen LogP contribution < -0.4 is 17.1 Å². The van der Waals surface area contributed by atoms with Crippen LogP contribution in [-0.2, 0) is 6.42 Å². The third kappa shape index (κ3) is 3.11. The Morgan fingerprint density at radius 1 is 1.56 bits per heavy atom. The van der Waals surface area contributed by atoms with Crippen molar-refractivity contribution in [3.8, 4) is 0 Å². The molecule has 0 aromatic carbocycles. The molecule has 0 radical (unpaired) electrons. The first kappa shape index (κ1) is 12.8. The van der Waals surface area contributed by atoms with Gasteiger partial charge in [0, 0.05) is 11.3 Å². The molecule has 0 saturated carbocycles. The van der Waals surface area contributed by atoms with Gasteiger partial charge in [-0.1, -0.05) is 0 Å². The molecule has 5 N–H and O–H groups in total. The van der Waals surface area contributed by atoms with Crippen LogP contribution in [0.5, 0.6) is 0 Å². The van der Waals surface area contributed by atoms with Crippen LogP contribution in [0.2, 0.25) is 0 Å². The Kier molecular flexibility index (Phi) is 5.07. The lowest BCUT2D eigenvalue weighted by atomic mass is 10.1. The molecular weight excluding hydrogens is 222 g/mol. The van der Waals surface area contributed by atoms with Crippen LogP contribution in [-0.4, -0.2) is 22.8 Å². The molecular formula is C10H17N5S. The van der Waals surface area contributed by atoms with E-state index in [-0.39, 0.29) is 0 Å². The van der Waals surface area contributed by atoms with Crippen LogP contribution in [0.25, 0.3) is 0 Å². The monoisotopic (exact) mass is 239 g/mol. The van der Waals surface area contributed by atoms with Gasteiger partial charge in [0.25, 0.3) is 0 Å². The second-order valence-corrected chi connectivity index (χ2v) is 4.30. The van der Waals surface area contributed by atoms with Crippen LogP contribution >= 0.6 is 11.8 Å². The van der Waals surface area contributed by atoms with Gasteiger partial charge in [-0.2, -0.15) is 16.9 Å². The number of pyridine rings is 1. The topological polar surface area (TPSA) is 89.3 Å². The molecule has 1 aromatic heterocycles. The predicted octanol–water partition coefficient (Wildman–Crippen LogP) is 0.379. The molecule has 5 nitrogen and oxygen atoms in total. The molecule has 0 atom stereocenters. The number of aromatic nitrogens is 1. The first-order valence-electron chi connectivity index (χ1n) is 4.93. The molecule has 0 aliphatic carbocycles. The fourth-order valence-electron chi connectivity index (χ4n) is 1.40. The molecule has 6 heteroatoms. The van der Waals surface area contributed by atoms with E-state index in [9.17, 15) is 0 Å². The number of hydrazine groups is 1. The van der Waals surface area contributed by atoms with Gasteiger partial charge in [-0.15, -0.1) is 0 Å². The van der Waals surface area contributed by atoms with E-state index in [1.807, 2.05) is 19.1 Å². The first-order chi connectivity index (χ1) is 7.72. The molecule has 1 rings (SSSR count). The fraction of sp³-hybridized carbons (Fsp3) is 0.400. The lowest BCUT2D eigenvalue weighted by Gasteiger charge is -2.10. The molecule has 0 saturated heterocycles. The maximum atomic E-state index is 5.36. The zero-order valence-corrected chi connectivity index (χ0v) is 10.3. The van der Waals surface area contributed by atoms with Crippen LogP contribution in [0.15, 0.2) is 17.2 Å². The molecule has 0 aliphatic heterocycles. The van der Waals surface area contributed by atoms with Crippen molar-refractivity contribution < 1.29 is 0 Å². The van der Waals surface area contributed by atoms with Crippen LogP contribution in [0.1, 0.15) is 17.0 Å². The van der Waals surface area contributed by atoms with Crippen molar-refractivity contribution in [2.75, 3.05) is 12.0 Å². The number of hydrogen-bond donors (Lipinski definition) is 3. The number of hydrazone groups is 1. The minimum absolute atomic E-state index is 0.462. The summed E-state index contributed by atoms with van der Waals surface area (Å²) >= 11 is 1.78. The van der Waals surface area contributed by atoms with E-state index in [1.54, 1.807) is 11.8 Å². The van der Waals surface area contributed by atoms with E-state index < -0.39 is 0 Å². The average molecular weight is 239 g/mol. The number of nitrogens with zero attached hydrogens (tertiary/aromatic N) is 2. The van der Waals surface area contributed by atoms with Gasteiger partial charge in [-0.25, -0.2) is 5.84 Å². The van der Waals surface area contributed by atoms with E-state index in [4.69, 9.17) is 11.7 Å². The summed E-state index contributed by atoms with van der Waals surface area (Å²) in [5.74, 6) is 12.1. The normalized spacial score (nSPS) is 11.6. The van der Waals surface area contributed by atoms with Crippen molar-refractivity contribution in [3.63, 3.8) is 0 Å². The maximum absolute atomic E-state index is 5.36. The number of rotatable bonds is 4. The van der Waals surface area contributed by atoms with Crippen LogP contribution in [0.4, 0.5) is 0 Å². The standard InChI is InChI=1S/C10H17N5S/c1-7-3-4-8(10(14-11)15-12)9(13-7)5-6-16-2/h3-4H,5-6,11-12H2,1-2H3,(H,14,15). The zero-order chi connectivity index (χ0) is 12.0. The quantitative estimate of drug-likeness (QED) is 0.306. The molecule has 16 heavy (non-hydrogen) atoms. The number of hydrogen-bond acceptors (Lipinski definition) is 5. The van der Waals surface area contributed by atoms with Gasteiger partial charge in [-0.3, -0.25) is 4.98 Å². The van der Waals surface area contributed by atoms with Gasteiger partial charge >= 0.3 is 0 Å². The molecule has 88 valence electrons. The van der Waals surface area contributed by atoms with E-state index in [2.05, 4.69) is 21.8 Å². The second-order valence-electron chi connectivity index (χ2n) is 3.31. The number of thioether (sulfide) groups is 1. The van der Waals surface area contributed by atoms with Crippen molar-refractivity contribution in [3.05, 3.63) is 29.1 Å². The van der Waals surface area contributed by atoms with Gasteiger partial charge in [0.05, 0.1) is 5.69 Å². The molecule has 1 aromatic rings. The molecule has 0 fully saturated rings. The summed E-state index contributed by atoms with van der Waals surface area (Å²) in [5, 5.41) is 3.61. The summed E-state index contributed by atoms with van der Waals surface area (Å²) in [6, 6.07) is 3.85. The predicted molar refractivity (Wildman–Crippen MR) is 69.1 cm³/mol. The second kappa shape index (κ2) is 6.34. The van der Waals surface area contributed by atoms with Crippen LogP contribution in [0.3, 0.4) is 0 Å². The average Bonchev–Trinajstić information content (AvgIpc) is 2.30. The number of aryl methyl sites for hydroxylation is 2. The highest BCUT2D eigenvalue weighted by Gasteiger charge is 2.09. The highest BCUT2D eigenvalue weighted by Crippen LogP contribution is 2.10. The van der Waals surface area contributed by atoms with Crippen molar-refractivity contribution in [2.45, 2.75) is 13.3 Å². The van der Waals surface area contributed by atoms with Gasteiger partial charge in [0.2, 0.25) is 0 Å². The fourth-order valence-corrected chi connectivity index (χ4v) is 1.80. The van der Waals surface area contributed by atoms with E-state index in [0.717, 1.165) is 29.1 Å². The Labute approximate surface area is 99.7 Å². The third-order valence-electron chi connectivity index (χ3n) is 2.18. The van der Waals surface area contributed by atoms with Crippen LogP contribution in [0, 0.1) is 6.92 Å². The Morgan fingerprint density at radius 3 is 2.88 bits per heavy atom. The molecule has 0 amide bonds. The highest BCUT2D eigenvalue weighted by molar-refractivity contribution is 7.98. The van der Waals surface area contributed by atoms with Gasteiger partial charge in [0.15, 0.2) is 5.84 Å². The Balaban J connectivity index is 3.06. The van der Waals surface area contributed by atoms with Gasteiger partial charge < -0.3 is 11.3 Å². The molecule has 0 spiro atoms. The molecule has 0 unspecified atom stereocenters. The van der Waals surface area contributed by atoms with E-state index in [1.165, 1.54) is 0 Å². The number of nitrogens with two attached hydrogens (primary N) is 2. The van der Waals surface area contributed by atoms with Crippen molar-refractivity contribution in [2.24, 2.45) is 16.8 Å². The zero-order valence-electron chi connectivity index (χ0n) is 9.53. The smallest absolute Gasteiger partial charge is 0.168 e. The maximum Gasteiger partial charge on any atom is 0.168 e. The van der Waals surface area contributed by atoms with Gasteiger partial charge in [0.1, 0.15) is 0 Å². The Morgan fingerprint density at radius 2 is 2.31 bits per heavy atom. The summed E-state index contributed by atoms with van der Waals surface area (Å²) in [6.07, 6.45) is 2.94. The third-order valence-corrected chi connectivity index (χ3v) is 2.79. The molecule has 1 heterocycles. The van der Waals surface area contributed by atoms with E-state index in [0.29, 0.717) is 5.84 Å². The summed E-state index contributed by atoms with van der Waals surface area (Å²) < 4.78 is 0.